The predicted molar refractivity (Wildman–Crippen MR) is 53.4 cm³/mol. The second-order valence-corrected chi connectivity index (χ2v) is 3.03. The number of terminal acetylenes is 1. The molecule has 0 heterocycles. The minimum atomic E-state index is -0.849. The summed E-state index contributed by atoms with van der Waals surface area (Å²) >= 11 is 0. The summed E-state index contributed by atoms with van der Waals surface area (Å²) in [5.74, 6) is 1.54. The van der Waals surface area contributed by atoms with Gasteiger partial charge >= 0.3 is 0 Å². The largest absolute Gasteiger partial charge is 0.376 e. The van der Waals surface area contributed by atoms with Crippen LogP contribution in [0.25, 0.3) is 0 Å². The van der Waals surface area contributed by atoms with Crippen LogP contribution in [0.5, 0.6) is 0 Å². The predicted octanol–water partition coefficient (Wildman–Crippen LogP) is 0.856. The van der Waals surface area contributed by atoms with Gasteiger partial charge in [-0.1, -0.05) is 18.1 Å². The first-order chi connectivity index (χ1) is 6.67. The Morgan fingerprint density at radius 3 is 2.57 bits per heavy atom. The normalized spacial score (nSPS) is 21.1. The van der Waals surface area contributed by atoms with Crippen molar-refractivity contribution in [1.29, 1.82) is 0 Å². The van der Waals surface area contributed by atoms with Gasteiger partial charge in [-0.15, -0.1) is 6.42 Å². The van der Waals surface area contributed by atoms with E-state index >= 15 is 0 Å². The molecule has 14 heavy (non-hydrogen) atoms. The Morgan fingerprint density at radius 1 is 1.57 bits per heavy atom. The Labute approximate surface area is 84.0 Å². The summed E-state index contributed by atoms with van der Waals surface area (Å²) in [6, 6.07) is 0. The second-order valence-electron chi connectivity index (χ2n) is 3.03. The zero-order valence-corrected chi connectivity index (χ0v) is 8.36. The van der Waals surface area contributed by atoms with Gasteiger partial charge < -0.3 is 14.6 Å². The summed E-state index contributed by atoms with van der Waals surface area (Å²) in [5, 5.41) is 9.36. The SMILES string of the molecule is C#CC(O)C1=CCC(OC)(OC)C=C1. The highest BCUT2D eigenvalue weighted by atomic mass is 16.7. The van der Waals surface area contributed by atoms with Crippen LogP contribution in [0.3, 0.4) is 0 Å². The molecule has 0 aliphatic heterocycles. The molecule has 0 aromatic heterocycles. The van der Waals surface area contributed by atoms with Crippen molar-refractivity contribution >= 4 is 0 Å². The molecule has 1 aliphatic rings. The van der Waals surface area contributed by atoms with Crippen LogP contribution in [0.2, 0.25) is 0 Å². The second kappa shape index (κ2) is 4.43. The minimum absolute atomic E-state index is 0.546. The molecule has 1 atom stereocenters. The molecule has 0 radical (unpaired) electrons. The maximum Gasteiger partial charge on any atom is 0.190 e. The molecule has 0 saturated carbocycles. The van der Waals surface area contributed by atoms with Crippen LogP contribution in [0, 0.1) is 12.3 Å². The van der Waals surface area contributed by atoms with E-state index in [2.05, 4.69) is 5.92 Å². The Hall–Kier alpha value is -1.08. The zero-order valence-electron chi connectivity index (χ0n) is 8.36. The smallest absolute Gasteiger partial charge is 0.190 e. The molecular weight excluding hydrogens is 180 g/mol. The van der Waals surface area contributed by atoms with Gasteiger partial charge in [-0.25, -0.2) is 0 Å². The number of methoxy groups -OCH3 is 2. The monoisotopic (exact) mass is 194 g/mol. The highest BCUT2D eigenvalue weighted by Crippen LogP contribution is 2.25. The van der Waals surface area contributed by atoms with Crippen LogP contribution in [0.1, 0.15) is 6.42 Å². The van der Waals surface area contributed by atoms with E-state index in [-0.39, 0.29) is 0 Å². The molecule has 1 N–H and O–H groups in total. The molecule has 1 unspecified atom stereocenters. The van der Waals surface area contributed by atoms with E-state index < -0.39 is 11.9 Å². The van der Waals surface area contributed by atoms with E-state index in [1.54, 1.807) is 26.4 Å². The van der Waals surface area contributed by atoms with Crippen LogP contribution in [-0.2, 0) is 9.47 Å². The van der Waals surface area contributed by atoms with Gasteiger partial charge in [0.25, 0.3) is 0 Å². The first-order valence-electron chi connectivity index (χ1n) is 4.31. The van der Waals surface area contributed by atoms with E-state index in [0.717, 1.165) is 0 Å². The quantitative estimate of drug-likeness (QED) is 0.535. The third-order valence-electron chi connectivity index (χ3n) is 2.32. The Morgan fingerprint density at radius 2 is 2.21 bits per heavy atom. The molecule has 0 saturated heterocycles. The van der Waals surface area contributed by atoms with Crippen LogP contribution in [0.4, 0.5) is 0 Å². The average molecular weight is 194 g/mol. The van der Waals surface area contributed by atoms with Crippen molar-refractivity contribution in [3.8, 4) is 12.3 Å². The molecule has 0 aromatic carbocycles. The summed E-state index contributed by atoms with van der Waals surface area (Å²) in [4.78, 5) is 0. The van der Waals surface area contributed by atoms with Gasteiger partial charge in [-0.3, -0.25) is 0 Å². The maximum atomic E-state index is 9.36. The van der Waals surface area contributed by atoms with Crippen LogP contribution in [-0.4, -0.2) is 31.2 Å². The molecule has 1 aliphatic carbocycles. The standard InChI is InChI=1S/C11H14O3/c1-4-10(12)9-5-7-11(13-2,14-3)8-6-9/h1,5-7,10,12H,8H2,2-3H3. The Kier molecular flexibility index (Phi) is 3.48. The highest BCUT2D eigenvalue weighted by Gasteiger charge is 2.28. The van der Waals surface area contributed by atoms with Crippen LogP contribution >= 0.6 is 0 Å². The fourth-order valence-electron chi connectivity index (χ4n) is 1.30. The average Bonchev–Trinajstić information content (AvgIpc) is 2.28. The summed E-state index contributed by atoms with van der Waals surface area (Å²) in [6.07, 6.45) is 10.1. The number of aliphatic hydroxyl groups is 1. The molecule has 1 rings (SSSR count). The van der Waals surface area contributed by atoms with E-state index in [1.165, 1.54) is 0 Å². The van der Waals surface area contributed by atoms with Gasteiger partial charge in [0.05, 0.1) is 0 Å². The van der Waals surface area contributed by atoms with Crippen molar-refractivity contribution in [2.75, 3.05) is 14.2 Å². The highest BCUT2D eigenvalue weighted by molar-refractivity contribution is 5.34. The molecular formula is C11H14O3. The number of hydrogen-bond donors (Lipinski definition) is 1. The van der Waals surface area contributed by atoms with Gasteiger partial charge in [-0.05, 0) is 11.6 Å². The number of aliphatic hydroxyl groups excluding tert-OH is 1. The maximum absolute atomic E-state index is 9.36. The molecule has 0 amide bonds. The van der Waals surface area contributed by atoms with Gasteiger partial charge in [0.1, 0.15) is 6.10 Å². The van der Waals surface area contributed by atoms with Crippen molar-refractivity contribution in [3.63, 3.8) is 0 Å². The Bertz CT molecular complexity index is 292. The Balaban J connectivity index is 2.75. The first kappa shape index (κ1) is 11.0. The van der Waals surface area contributed by atoms with Gasteiger partial charge in [0.15, 0.2) is 5.79 Å². The fourth-order valence-corrected chi connectivity index (χ4v) is 1.30. The topological polar surface area (TPSA) is 38.7 Å². The molecule has 0 spiro atoms. The van der Waals surface area contributed by atoms with E-state index in [1.807, 2.05) is 6.08 Å². The van der Waals surface area contributed by atoms with E-state index in [4.69, 9.17) is 15.9 Å². The van der Waals surface area contributed by atoms with Gasteiger partial charge in [-0.2, -0.15) is 0 Å². The van der Waals surface area contributed by atoms with Crippen LogP contribution in [0.15, 0.2) is 23.8 Å². The molecule has 3 nitrogen and oxygen atoms in total. The third-order valence-corrected chi connectivity index (χ3v) is 2.32. The van der Waals surface area contributed by atoms with E-state index in [9.17, 15) is 5.11 Å². The molecule has 0 aromatic rings. The van der Waals surface area contributed by atoms with E-state index in [0.29, 0.717) is 12.0 Å². The lowest BCUT2D eigenvalue weighted by Crippen LogP contribution is -2.32. The number of rotatable bonds is 3. The lowest BCUT2D eigenvalue weighted by atomic mass is 9.98. The molecule has 76 valence electrons. The van der Waals surface area contributed by atoms with Crippen molar-refractivity contribution in [2.24, 2.45) is 0 Å². The first-order valence-corrected chi connectivity index (χ1v) is 4.31. The van der Waals surface area contributed by atoms with Crippen molar-refractivity contribution in [3.05, 3.63) is 23.8 Å². The van der Waals surface area contributed by atoms with Crippen LogP contribution < -0.4 is 0 Å². The lowest BCUT2D eigenvalue weighted by molar-refractivity contribution is -0.168. The van der Waals surface area contributed by atoms with Gasteiger partial charge in [0, 0.05) is 20.6 Å². The van der Waals surface area contributed by atoms with Crippen molar-refractivity contribution in [2.45, 2.75) is 18.3 Å². The zero-order chi connectivity index (χ0) is 10.6. The number of ether oxygens (including phenoxy) is 2. The molecule has 0 bridgehead atoms. The van der Waals surface area contributed by atoms with Crippen molar-refractivity contribution < 1.29 is 14.6 Å². The number of hydrogen-bond acceptors (Lipinski definition) is 3. The molecule has 3 heteroatoms. The van der Waals surface area contributed by atoms with Gasteiger partial charge in [0.2, 0.25) is 0 Å². The fraction of sp³-hybridized carbons (Fsp3) is 0.455. The summed E-state index contributed by atoms with van der Waals surface area (Å²) in [5.41, 5.74) is 0.706. The third kappa shape index (κ3) is 2.05. The summed E-state index contributed by atoms with van der Waals surface area (Å²) in [6.45, 7) is 0. The minimum Gasteiger partial charge on any atom is -0.376 e. The summed E-state index contributed by atoms with van der Waals surface area (Å²) in [7, 11) is 3.15. The molecule has 0 fully saturated rings. The van der Waals surface area contributed by atoms with Crippen molar-refractivity contribution in [1.82, 2.24) is 0 Å². The lowest BCUT2D eigenvalue weighted by Gasteiger charge is -2.29. The summed E-state index contributed by atoms with van der Waals surface area (Å²) < 4.78 is 10.4.